The van der Waals surface area contributed by atoms with Crippen LogP contribution in [0, 0.1) is 0 Å². The smallest absolute Gasteiger partial charge is 0.251 e. The van der Waals surface area contributed by atoms with Gasteiger partial charge in [-0.15, -0.1) is 0 Å². The molecule has 29 heavy (non-hydrogen) atoms. The summed E-state index contributed by atoms with van der Waals surface area (Å²) < 4.78 is 0. The average molecular weight is 403 g/mol. The minimum Gasteiger partial charge on any atom is -0.357 e. The van der Waals surface area contributed by atoms with E-state index in [4.69, 9.17) is 0 Å². The maximum absolute atomic E-state index is 12.3. The number of amides is 2. The highest BCUT2D eigenvalue weighted by Crippen LogP contribution is 2.08. The minimum absolute atomic E-state index is 0.0843. The summed E-state index contributed by atoms with van der Waals surface area (Å²) in [5, 5.41) is 9.18. The molecule has 3 N–H and O–H groups in total. The van der Waals surface area contributed by atoms with Gasteiger partial charge in [-0.25, -0.2) is 4.99 Å². The Kier molecular flexibility index (Phi) is 9.43. The molecular formula is C21H34N6O2. The molecule has 2 rings (SSSR count). The third-order valence-corrected chi connectivity index (χ3v) is 4.66. The number of hydrogen-bond donors (Lipinski definition) is 3. The molecule has 0 saturated carbocycles. The Morgan fingerprint density at radius 3 is 2.59 bits per heavy atom. The molecule has 0 spiro atoms. The van der Waals surface area contributed by atoms with Crippen LogP contribution >= 0.6 is 0 Å². The Balaban J connectivity index is 1.90. The first-order valence-corrected chi connectivity index (χ1v) is 10.3. The van der Waals surface area contributed by atoms with Crippen molar-refractivity contribution < 1.29 is 9.59 Å². The molecule has 0 bridgehead atoms. The topological polar surface area (TPSA) is 89.1 Å². The second kappa shape index (κ2) is 12.1. The molecule has 1 aliphatic heterocycles. The van der Waals surface area contributed by atoms with Crippen LogP contribution in [0.3, 0.4) is 0 Å². The first-order valence-electron chi connectivity index (χ1n) is 10.3. The van der Waals surface area contributed by atoms with Gasteiger partial charge >= 0.3 is 0 Å². The summed E-state index contributed by atoms with van der Waals surface area (Å²) in [6.45, 7) is 6.44. The van der Waals surface area contributed by atoms with Crippen molar-refractivity contribution in [1.82, 2.24) is 25.8 Å². The second-order valence-electron chi connectivity index (χ2n) is 7.40. The zero-order valence-corrected chi connectivity index (χ0v) is 17.8. The summed E-state index contributed by atoms with van der Waals surface area (Å²) in [4.78, 5) is 33.0. The Morgan fingerprint density at radius 1 is 1.14 bits per heavy atom. The van der Waals surface area contributed by atoms with Gasteiger partial charge in [0.2, 0.25) is 5.91 Å². The lowest BCUT2D eigenvalue weighted by Crippen LogP contribution is -2.44. The highest BCUT2D eigenvalue weighted by atomic mass is 16.2. The molecule has 1 fully saturated rings. The molecule has 1 aliphatic rings. The van der Waals surface area contributed by atoms with Crippen molar-refractivity contribution >= 4 is 17.8 Å². The Morgan fingerprint density at radius 2 is 1.90 bits per heavy atom. The van der Waals surface area contributed by atoms with Crippen molar-refractivity contribution in [1.29, 1.82) is 0 Å². The van der Waals surface area contributed by atoms with Crippen LogP contribution in [-0.4, -0.2) is 80.9 Å². The number of hydrogen-bond acceptors (Lipinski definition) is 4. The lowest BCUT2D eigenvalue weighted by molar-refractivity contribution is -0.128. The Bertz CT molecular complexity index is 698. The van der Waals surface area contributed by atoms with Gasteiger partial charge in [-0.05, 0) is 51.6 Å². The van der Waals surface area contributed by atoms with Gasteiger partial charge < -0.3 is 25.8 Å². The SMILES string of the molecule is CCNC(=NCc1cccc(C(=O)NCCN(C)C)c1)NCC(=O)N1CCCC1. The van der Waals surface area contributed by atoms with E-state index in [-0.39, 0.29) is 18.4 Å². The van der Waals surface area contributed by atoms with E-state index < -0.39 is 0 Å². The van der Waals surface area contributed by atoms with Crippen LogP contribution in [0.5, 0.6) is 0 Å². The van der Waals surface area contributed by atoms with Crippen LogP contribution in [0.4, 0.5) is 0 Å². The predicted molar refractivity (Wildman–Crippen MR) is 116 cm³/mol. The summed E-state index contributed by atoms with van der Waals surface area (Å²) in [7, 11) is 3.94. The standard InChI is InChI=1S/C21H34N6O2/c1-4-22-21(25-16-19(28)27-11-5-6-12-27)24-15-17-8-7-9-18(14-17)20(29)23-10-13-26(2)3/h7-9,14H,4-6,10-13,15-16H2,1-3H3,(H,23,29)(H2,22,24,25). The summed E-state index contributed by atoms with van der Waals surface area (Å²) in [6, 6.07) is 7.46. The number of benzene rings is 1. The molecule has 1 aromatic carbocycles. The molecule has 1 saturated heterocycles. The fraction of sp³-hybridized carbons (Fsp3) is 0.571. The number of carbonyl (C=O) groups excluding carboxylic acids is 2. The van der Waals surface area contributed by atoms with E-state index in [1.165, 1.54) is 0 Å². The summed E-state index contributed by atoms with van der Waals surface area (Å²) >= 11 is 0. The van der Waals surface area contributed by atoms with Crippen molar-refractivity contribution in [3.8, 4) is 0 Å². The summed E-state index contributed by atoms with van der Waals surface area (Å²) in [5.74, 6) is 0.615. The van der Waals surface area contributed by atoms with E-state index in [1.807, 2.05) is 49.0 Å². The number of nitrogens with zero attached hydrogens (tertiary/aromatic N) is 3. The molecule has 0 aromatic heterocycles. The van der Waals surface area contributed by atoms with Crippen LogP contribution in [0.1, 0.15) is 35.7 Å². The first kappa shape index (κ1) is 22.7. The van der Waals surface area contributed by atoms with Gasteiger partial charge in [-0.2, -0.15) is 0 Å². The molecule has 8 heteroatoms. The largest absolute Gasteiger partial charge is 0.357 e. The third kappa shape index (κ3) is 8.11. The normalized spacial score (nSPS) is 14.2. The number of aliphatic imine (C=N–C) groups is 1. The van der Waals surface area contributed by atoms with Gasteiger partial charge in [-0.1, -0.05) is 12.1 Å². The van der Waals surface area contributed by atoms with Gasteiger partial charge in [0.15, 0.2) is 5.96 Å². The molecule has 0 aliphatic carbocycles. The van der Waals surface area contributed by atoms with E-state index in [0.717, 1.165) is 38.0 Å². The zero-order valence-electron chi connectivity index (χ0n) is 17.8. The molecule has 160 valence electrons. The molecular weight excluding hydrogens is 368 g/mol. The maximum atomic E-state index is 12.3. The molecule has 1 heterocycles. The van der Waals surface area contributed by atoms with Crippen LogP contribution in [-0.2, 0) is 11.3 Å². The Labute approximate surface area is 173 Å². The van der Waals surface area contributed by atoms with Crippen LogP contribution in [0.2, 0.25) is 0 Å². The maximum Gasteiger partial charge on any atom is 0.251 e. The predicted octanol–water partition coefficient (Wildman–Crippen LogP) is 0.656. The minimum atomic E-state index is -0.0843. The van der Waals surface area contributed by atoms with Gasteiger partial charge in [0, 0.05) is 38.3 Å². The highest BCUT2D eigenvalue weighted by molar-refractivity contribution is 5.94. The average Bonchev–Trinajstić information content (AvgIpc) is 3.24. The lowest BCUT2D eigenvalue weighted by Gasteiger charge is -2.17. The van der Waals surface area contributed by atoms with Crippen molar-refractivity contribution in [2.24, 2.45) is 4.99 Å². The molecule has 0 atom stereocenters. The third-order valence-electron chi connectivity index (χ3n) is 4.66. The first-order chi connectivity index (χ1) is 14.0. The molecule has 1 aromatic rings. The van der Waals surface area contributed by atoms with E-state index in [2.05, 4.69) is 20.9 Å². The molecule has 8 nitrogen and oxygen atoms in total. The number of rotatable bonds is 9. The Hall–Kier alpha value is -2.61. The fourth-order valence-corrected chi connectivity index (χ4v) is 3.06. The molecule has 2 amide bonds. The van der Waals surface area contributed by atoms with Crippen molar-refractivity contribution in [3.05, 3.63) is 35.4 Å². The van der Waals surface area contributed by atoms with Crippen molar-refractivity contribution in [2.45, 2.75) is 26.3 Å². The van der Waals surface area contributed by atoms with E-state index in [9.17, 15) is 9.59 Å². The van der Waals surface area contributed by atoms with E-state index in [0.29, 0.717) is 31.2 Å². The summed E-state index contributed by atoms with van der Waals surface area (Å²) in [6.07, 6.45) is 2.16. The van der Waals surface area contributed by atoms with Gasteiger partial charge in [-0.3, -0.25) is 9.59 Å². The quantitative estimate of drug-likeness (QED) is 0.417. The van der Waals surface area contributed by atoms with Gasteiger partial charge in [0.25, 0.3) is 5.91 Å². The van der Waals surface area contributed by atoms with Crippen molar-refractivity contribution in [3.63, 3.8) is 0 Å². The van der Waals surface area contributed by atoms with Crippen LogP contribution in [0.15, 0.2) is 29.3 Å². The van der Waals surface area contributed by atoms with E-state index in [1.54, 1.807) is 6.07 Å². The van der Waals surface area contributed by atoms with Crippen LogP contribution in [0.25, 0.3) is 0 Å². The number of likely N-dealkylation sites (tertiary alicyclic amines) is 1. The summed E-state index contributed by atoms with van der Waals surface area (Å²) in [5.41, 5.74) is 1.56. The van der Waals surface area contributed by atoms with E-state index >= 15 is 0 Å². The second-order valence-corrected chi connectivity index (χ2v) is 7.40. The number of carbonyl (C=O) groups is 2. The fourth-order valence-electron chi connectivity index (χ4n) is 3.06. The number of guanidine groups is 1. The number of nitrogens with one attached hydrogen (secondary N) is 3. The van der Waals surface area contributed by atoms with Gasteiger partial charge in [0.05, 0.1) is 13.1 Å². The highest BCUT2D eigenvalue weighted by Gasteiger charge is 2.17. The molecule has 0 unspecified atom stereocenters. The van der Waals surface area contributed by atoms with Crippen LogP contribution < -0.4 is 16.0 Å². The lowest BCUT2D eigenvalue weighted by atomic mass is 10.1. The number of likely N-dealkylation sites (N-methyl/N-ethyl adjacent to an activating group) is 1. The van der Waals surface area contributed by atoms with Gasteiger partial charge in [0.1, 0.15) is 0 Å². The van der Waals surface area contributed by atoms with Crippen molar-refractivity contribution in [2.75, 3.05) is 53.4 Å². The zero-order chi connectivity index (χ0) is 21.1. The monoisotopic (exact) mass is 402 g/mol. The molecule has 0 radical (unpaired) electrons.